The van der Waals surface area contributed by atoms with Gasteiger partial charge >= 0.3 is 0 Å². The van der Waals surface area contributed by atoms with Crippen LogP contribution < -0.4 is 9.47 Å². The van der Waals surface area contributed by atoms with Crippen molar-refractivity contribution in [2.24, 2.45) is 0 Å². The van der Waals surface area contributed by atoms with Gasteiger partial charge in [-0.15, -0.1) is 11.8 Å². The highest BCUT2D eigenvalue weighted by atomic mass is 32.2. The van der Waals surface area contributed by atoms with Gasteiger partial charge in [0, 0.05) is 17.3 Å². The lowest BCUT2D eigenvalue weighted by molar-refractivity contribution is 0.0986. The molecule has 7 heteroatoms. The van der Waals surface area contributed by atoms with Crippen molar-refractivity contribution in [1.29, 1.82) is 0 Å². The molecule has 98 valence electrons. The van der Waals surface area contributed by atoms with Crippen LogP contribution in [0, 0.1) is 0 Å². The van der Waals surface area contributed by atoms with Gasteiger partial charge in [0.2, 0.25) is 11.8 Å². The Kier molecular flexibility index (Phi) is 4.71. The fourth-order valence-electron chi connectivity index (χ4n) is 1.56. The van der Waals surface area contributed by atoms with Gasteiger partial charge in [-0.2, -0.15) is 16.7 Å². The summed E-state index contributed by atoms with van der Waals surface area (Å²) in [6.07, 6.45) is 1.44. The molecule has 1 aromatic rings. The number of thioether (sulfide) groups is 2. The van der Waals surface area contributed by atoms with Gasteiger partial charge in [-0.05, 0) is 0 Å². The third kappa shape index (κ3) is 2.89. The first-order valence-corrected chi connectivity index (χ1v) is 7.65. The summed E-state index contributed by atoms with van der Waals surface area (Å²) in [5, 5.41) is -0.0552. The summed E-state index contributed by atoms with van der Waals surface area (Å²) < 4.78 is 10.1. The van der Waals surface area contributed by atoms with Gasteiger partial charge in [-0.25, -0.2) is 4.98 Å². The van der Waals surface area contributed by atoms with Crippen LogP contribution >= 0.6 is 23.5 Å². The smallest absolute Gasteiger partial charge is 0.246 e. The van der Waals surface area contributed by atoms with Crippen molar-refractivity contribution in [3.8, 4) is 11.8 Å². The van der Waals surface area contributed by atoms with E-state index in [9.17, 15) is 4.79 Å². The van der Waals surface area contributed by atoms with E-state index < -0.39 is 0 Å². The van der Waals surface area contributed by atoms with Crippen LogP contribution in [0.4, 0.5) is 0 Å². The highest BCUT2D eigenvalue weighted by Crippen LogP contribution is 2.28. The van der Waals surface area contributed by atoms with E-state index >= 15 is 0 Å². The van der Waals surface area contributed by atoms with E-state index in [0.29, 0.717) is 11.6 Å². The number of aromatic nitrogens is 2. The molecule has 1 unspecified atom stereocenters. The number of hydrogen-bond acceptors (Lipinski definition) is 7. The van der Waals surface area contributed by atoms with Crippen molar-refractivity contribution in [1.82, 2.24) is 9.97 Å². The summed E-state index contributed by atoms with van der Waals surface area (Å²) in [5.74, 6) is 3.47. The van der Waals surface area contributed by atoms with Gasteiger partial charge in [-0.1, -0.05) is 0 Å². The summed E-state index contributed by atoms with van der Waals surface area (Å²) in [6, 6.07) is 0. The van der Waals surface area contributed by atoms with Crippen LogP contribution in [0.2, 0.25) is 0 Å². The number of methoxy groups -OCH3 is 2. The minimum atomic E-state index is -0.0552. The number of Topliss-reactive ketones (excluding diaryl/α,β-unsaturated/α-hetero) is 1. The zero-order valence-corrected chi connectivity index (χ0v) is 11.8. The Bertz CT molecular complexity index is 436. The summed E-state index contributed by atoms with van der Waals surface area (Å²) in [4.78, 5) is 20.5. The van der Waals surface area contributed by atoms with Gasteiger partial charge in [0.25, 0.3) is 0 Å². The monoisotopic (exact) mass is 286 g/mol. The second-order valence-corrected chi connectivity index (χ2v) is 6.03. The first-order chi connectivity index (χ1) is 8.76. The summed E-state index contributed by atoms with van der Waals surface area (Å²) in [5.41, 5.74) is 0.290. The van der Waals surface area contributed by atoms with Crippen molar-refractivity contribution in [3.05, 3.63) is 11.9 Å². The standard InChI is InChI=1S/C11H14N2O3S2/c1-15-8-5-12-9(11(13-8)16-2)10(14)7-6-17-3-4-18-7/h5,7H,3-4,6H2,1-2H3. The van der Waals surface area contributed by atoms with E-state index in [2.05, 4.69) is 9.97 Å². The normalized spacial score (nSPS) is 19.3. The number of ketones is 1. The highest BCUT2D eigenvalue weighted by Gasteiger charge is 2.27. The Hall–Kier alpha value is -0.950. The molecular formula is C11H14N2O3S2. The van der Waals surface area contributed by atoms with Gasteiger partial charge < -0.3 is 9.47 Å². The maximum Gasteiger partial charge on any atom is 0.246 e. The average molecular weight is 286 g/mol. The Morgan fingerprint density at radius 1 is 1.39 bits per heavy atom. The van der Waals surface area contributed by atoms with Crippen LogP contribution in [0.1, 0.15) is 10.5 Å². The molecule has 1 saturated heterocycles. The maximum absolute atomic E-state index is 12.3. The summed E-state index contributed by atoms with van der Waals surface area (Å²) >= 11 is 3.46. The minimum Gasteiger partial charge on any atom is -0.480 e. The number of rotatable bonds is 4. The fraction of sp³-hybridized carbons (Fsp3) is 0.545. The molecule has 5 nitrogen and oxygen atoms in total. The third-order valence-corrected chi connectivity index (χ3v) is 5.22. The quantitative estimate of drug-likeness (QED) is 0.778. The molecule has 0 aliphatic carbocycles. The van der Waals surface area contributed by atoms with Gasteiger partial charge in [-0.3, -0.25) is 4.79 Å². The largest absolute Gasteiger partial charge is 0.480 e. The summed E-state index contributed by atoms with van der Waals surface area (Å²) in [7, 11) is 2.97. The van der Waals surface area contributed by atoms with Crippen LogP contribution in [0.15, 0.2) is 6.20 Å². The molecule has 0 spiro atoms. The van der Waals surface area contributed by atoms with Crippen molar-refractivity contribution >= 4 is 29.3 Å². The fourth-order valence-corrected chi connectivity index (χ4v) is 4.17. The van der Waals surface area contributed by atoms with E-state index in [1.807, 2.05) is 0 Å². The molecule has 0 radical (unpaired) electrons. The maximum atomic E-state index is 12.3. The molecule has 0 amide bonds. The van der Waals surface area contributed by atoms with E-state index in [1.165, 1.54) is 20.4 Å². The molecule has 1 aromatic heterocycles. The molecule has 0 bridgehead atoms. The molecule has 1 atom stereocenters. The molecule has 1 aliphatic heterocycles. The van der Waals surface area contributed by atoms with Gasteiger partial charge in [0.05, 0.1) is 25.7 Å². The Morgan fingerprint density at radius 3 is 2.83 bits per heavy atom. The van der Waals surface area contributed by atoms with E-state index in [4.69, 9.17) is 9.47 Å². The molecule has 18 heavy (non-hydrogen) atoms. The zero-order chi connectivity index (χ0) is 13.0. The Labute approximate surface area is 114 Å². The lowest BCUT2D eigenvalue weighted by Crippen LogP contribution is -2.25. The first-order valence-electron chi connectivity index (χ1n) is 5.45. The molecule has 0 aromatic carbocycles. The number of carbonyl (C=O) groups is 1. The minimum absolute atomic E-state index is 0.0146. The first kappa shape index (κ1) is 13.5. The third-order valence-electron chi connectivity index (χ3n) is 2.46. The van der Waals surface area contributed by atoms with Crippen molar-refractivity contribution in [2.75, 3.05) is 31.5 Å². The van der Waals surface area contributed by atoms with Crippen molar-refractivity contribution in [3.63, 3.8) is 0 Å². The average Bonchev–Trinajstić information content (AvgIpc) is 2.46. The van der Waals surface area contributed by atoms with E-state index in [0.717, 1.165) is 17.3 Å². The topological polar surface area (TPSA) is 61.3 Å². The predicted octanol–water partition coefficient (Wildman–Crippen LogP) is 1.53. The van der Waals surface area contributed by atoms with Crippen LogP contribution in [0.5, 0.6) is 11.8 Å². The predicted molar refractivity (Wildman–Crippen MR) is 73.0 cm³/mol. The van der Waals surface area contributed by atoms with E-state index in [1.54, 1.807) is 23.5 Å². The van der Waals surface area contributed by atoms with Crippen LogP contribution in [-0.4, -0.2) is 52.5 Å². The van der Waals surface area contributed by atoms with E-state index in [-0.39, 0.29) is 16.9 Å². The second-order valence-electron chi connectivity index (χ2n) is 3.57. The lowest BCUT2D eigenvalue weighted by Gasteiger charge is -2.19. The highest BCUT2D eigenvalue weighted by molar-refractivity contribution is 8.07. The molecule has 1 aliphatic rings. The SMILES string of the molecule is COc1cnc(C(=O)C2CSCCS2)c(OC)n1. The zero-order valence-electron chi connectivity index (χ0n) is 10.2. The molecule has 0 saturated carbocycles. The van der Waals surface area contributed by atoms with Gasteiger partial charge in [0.1, 0.15) is 0 Å². The Morgan fingerprint density at radius 2 is 2.22 bits per heavy atom. The number of nitrogens with zero attached hydrogens (tertiary/aromatic N) is 2. The van der Waals surface area contributed by atoms with Crippen molar-refractivity contribution < 1.29 is 14.3 Å². The van der Waals surface area contributed by atoms with Crippen molar-refractivity contribution in [2.45, 2.75) is 5.25 Å². The van der Waals surface area contributed by atoms with Crippen LogP contribution in [-0.2, 0) is 0 Å². The molecule has 2 rings (SSSR count). The summed E-state index contributed by atoms with van der Waals surface area (Å²) in [6.45, 7) is 0. The lowest BCUT2D eigenvalue weighted by atomic mass is 10.2. The number of hydrogen-bond donors (Lipinski definition) is 0. The number of carbonyl (C=O) groups excluding carboxylic acids is 1. The molecule has 1 fully saturated rings. The Balaban J connectivity index is 2.23. The van der Waals surface area contributed by atoms with Crippen LogP contribution in [0.3, 0.4) is 0 Å². The molecule has 0 N–H and O–H groups in total. The van der Waals surface area contributed by atoms with Gasteiger partial charge in [0.15, 0.2) is 11.5 Å². The van der Waals surface area contributed by atoms with Crippen LogP contribution in [0.25, 0.3) is 0 Å². The number of ether oxygens (including phenoxy) is 2. The second kappa shape index (κ2) is 6.29. The molecular weight excluding hydrogens is 272 g/mol. The molecule has 2 heterocycles.